The summed E-state index contributed by atoms with van der Waals surface area (Å²) in [7, 11) is 4.02. The van der Waals surface area contributed by atoms with Gasteiger partial charge in [-0.15, -0.1) is 0 Å². The van der Waals surface area contributed by atoms with Crippen LogP contribution in [0.4, 0.5) is 5.69 Å². The molecule has 0 atom stereocenters. The van der Waals surface area contributed by atoms with Crippen molar-refractivity contribution in [1.29, 1.82) is 0 Å². The summed E-state index contributed by atoms with van der Waals surface area (Å²) in [6.45, 7) is 5.28. The van der Waals surface area contributed by atoms with Crippen molar-refractivity contribution in [2.45, 2.75) is 13.5 Å². The van der Waals surface area contributed by atoms with Gasteiger partial charge in [-0.05, 0) is 20.0 Å². The molecule has 1 rings (SSSR count). The lowest BCUT2D eigenvalue weighted by Gasteiger charge is -2.21. The highest BCUT2D eigenvalue weighted by molar-refractivity contribution is 5.51. The molecule has 0 aliphatic carbocycles. The van der Waals surface area contributed by atoms with Crippen LogP contribution in [0.5, 0.6) is 0 Å². The van der Waals surface area contributed by atoms with Crippen LogP contribution in [0.3, 0.4) is 0 Å². The van der Waals surface area contributed by atoms with Crippen LogP contribution >= 0.6 is 0 Å². The summed E-state index contributed by atoms with van der Waals surface area (Å²) in [5.74, 6) is 0. The van der Waals surface area contributed by atoms with Gasteiger partial charge < -0.3 is 15.0 Å². The number of ether oxygens (including phenoxy) is 1. The zero-order chi connectivity index (χ0) is 11.8. The number of likely N-dealkylation sites (N-methyl/N-ethyl adjacent to an activating group) is 1. The molecule has 90 valence electrons. The van der Waals surface area contributed by atoms with Crippen LogP contribution in [0, 0.1) is 0 Å². The molecule has 0 fully saturated rings. The van der Waals surface area contributed by atoms with Gasteiger partial charge in [0.1, 0.15) is 0 Å². The van der Waals surface area contributed by atoms with Gasteiger partial charge in [0.15, 0.2) is 0 Å². The first kappa shape index (κ1) is 12.9. The Balaban J connectivity index is 2.62. The number of nitrogens with zero attached hydrogens (tertiary/aromatic N) is 2. The predicted molar refractivity (Wildman–Crippen MR) is 66.8 cm³/mol. The topological polar surface area (TPSA) is 37.4 Å². The van der Waals surface area contributed by atoms with Gasteiger partial charge in [-0.25, -0.2) is 0 Å². The zero-order valence-electron chi connectivity index (χ0n) is 10.4. The SMILES string of the molecule is CCOCCN(C)c1ccncc1CNC. The van der Waals surface area contributed by atoms with E-state index in [0.717, 1.165) is 26.3 Å². The smallest absolute Gasteiger partial charge is 0.0641 e. The van der Waals surface area contributed by atoms with E-state index in [4.69, 9.17) is 4.74 Å². The molecule has 0 aliphatic heterocycles. The summed E-state index contributed by atoms with van der Waals surface area (Å²) in [6, 6.07) is 2.04. The van der Waals surface area contributed by atoms with Crippen LogP contribution in [0.1, 0.15) is 12.5 Å². The molecule has 0 amide bonds. The third-order valence-corrected chi connectivity index (χ3v) is 2.43. The Labute approximate surface area is 97.6 Å². The third kappa shape index (κ3) is 3.79. The first-order valence-electron chi connectivity index (χ1n) is 5.66. The lowest BCUT2D eigenvalue weighted by Crippen LogP contribution is -2.24. The molecule has 0 saturated carbocycles. The standard InChI is InChI=1S/C12H21N3O/c1-4-16-8-7-15(3)12-5-6-14-10-11(12)9-13-2/h5-6,10,13H,4,7-9H2,1-3H3. The van der Waals surface area contributed by atoms with E-state index in [1.165, 1.54) is 11.3 Å². The fraction of sp³-hybridized carbons (Fsp3) is 0.583. The molecule has 0 saturated heterocycles. The Morgan fingerprint density at radius 2 is 2.31 bits per heavy atom. The van der Waals surface area contributed by atoms with Gasteiger partial charge >= 0.3 is 0 Å². The largest absolute Gasteiger partial charge is 0.380 e. The van der Waals surface area contributed by atoms with E-state index in [9.17, 15) is 0 Å². The highest BCUT2D eigenvalue weighted by Gasteiger charge is 2.06. The van der Waals surface area contributed by atoms with Gasteiger partial charge in [-0.3, -0.25) is 4.98 Å². The second-order valence-electron chi connectivity index (χ2n) is 3.65. The summed E-state index contributed by atoms with van der Waals surface area (Å²) in [6.07, 6.45) is 3.73. The molecule has 1 N–H and O–H groups in total. The maximum atomic E-state index is 5.35. The van der Waals surface area contributed by atoms with Crippen LogP contribution < -0.4 is 10.2 Å². The third-order valence-electron chi connectivity index (χ3n) is 2.43. The van der Waals surface area contributed by atoms with Crippen molar-refractivity contribution in [3.05, 3.63) is 24.0 Å². The summed E-state index contributed by atoms with van der Waals surface area (Å²) in [5, 5.41) is 3.15. The maximum Gasteiger partial charge on any atom is 0.0641 e. The second kappa shape index (κ2) is 7.19. The molecule has 0 unspecified atom stereocenters. The summed E-state index contributed by atoms with van der Waals surface area (Å²) in [4.78, 5) is 6.34. The Hall–Kier alpha value is -1.13. The van der Waals surface area contributed by atoms with Gasteiger partial charge in [-0.2, -0.15) is 0 Å². The van der Waals surface area contributed by atoms with Crippen molar-refractivity contribution in [2.24, 2.45) is 0 Å². The number of pyridine rings is 1. The van der Waals surface area contributed by atoms with Gasteiger partial charge in [0.2, 0.25) is 0 Å². The normalized spacial score (nSPS) is 10.4. The van der Waals surface area contributed by atoms with Crippen molar-refractivity contribution in [3.8, 4) is 0 Å². The van der Waals surface area contributed by atoms with Gasteiger partial charge in [0, 0.05) is 50.4 Å². The van der Waals surface area contributed by atoms with Crippen molar-refractivity contribution < 1.29 is 4.74 Å². The predicted octanol–water partition coefficient (Wildman–Crippen LogP) is 1.27. The van der Waals surface area contributed by atoms with Crippen LogP contribution in [-0.4, -0.2) is 38.8 Å². The Morgan fingerprint density at radius 1 is 1.50 bits per heavy atom. The molecule has 0 bridgehead atoms. The van der Waals surface area contributed by atoms with E-state index in [1.54, 1.807) is 0 Å². The van der Waals surface area contributed by atoms with Crippen molar-refractivity contribution in [1.82, 2.24) is 10.3 Å². The molecule has 1 aromatic rings. The summed E-state index contributed by atoms with van der Waals surface area (Å²) >= 11 is 0. The molecule has 1 heterocycles. The van der Waals surface area contributed by atoms with E-state index < -0.39 is 0 Å². The molecular weight excluding hydrogens is 202 g/mol. The summed E-state index contributed by atoms with van der Waals surface area (Å²) < 4.78 is 5.35. The van der Waals surface area contributed by atoms with Crippen molar-refractivity contribution >= 4 is 5.69 Å². The average Bonchev–Trinajstić information content (AvgIpc) is 2.30. The number of aromatic nitrogens is 1. The van der Waals surface area contributed by atoms with E-state index in [-0.39, 0.29) is 0 Å². The van der Waals surface area contributed by atoms with Crippen molar-refractivity contribution in [2.75, 3.05) is 38.8 Å². The molecule has 0 aliphatic rings. The highest BCUT2D eigenvalue weighted by atomic mass is 16.5. The molecule has 0 aromatic carbocycles. The van der Waals surface area contributed by atoms with Gasteiger partial charge in [0.25, 0.3) is 0 Å². The monoisotopic (exact) mass is 223 g/mol. The fourth-order valence-corrected chi connectivity index (χ4v) is 1.59. The van der Waals surface area contributed by atoms with Crippen LogP contribution in [-0.2, 0) is 11.3 Å². The highest BCUT2D eigenvalue weighted by Crippen LogP contribution is 2.17. The molecule has 4 heteroatoms. The second-order valence-corrected chi connectivity index (χ2v) is 3.65. The number of rotatable bonds is 7. The minimum absolute atomic E-state index is 0.758. The van der Waals surface area contributed by atoms with Gasteiger partial charge in [0.05, 0.1) is 6.61 Å². The van der Waals surface area contributed by atoms with E-state index in [1.807, 2.05) is 32.4 Å². The maximum absolute atomic E-state index is 5.35. The Kier molecular flexibility index (Phi) is 5.82. The lowest BCUT2D eigenvalue weighted by atomic mass is 10.2. The molecule has 4 nitrogen and oxygen atoms in total. The quantitative estimate of drug-likeness (QED) is 0.706. The van der Waals surface area contributed by atoms with Crippen LogP contribution in [0.2, 0.25) is 0 Å². The average molecular weight is 223 g/mol. The fourth-order valence-electron chi connectivity index (χ4n) is 1.59. The van der Waals surface area contributed by atoms with Gasteiger partial charge in [-0.1, -0.05) is 0 Å². The minimum atomic E-state index is 0.758. The number of anilines is 1. The van der Waals surface area contributed by atoms with Crippen LogP contribution in [0.15, 0.2) is 18.5 Å². The Morgan fingerprint density at radius 3 is 3.00 bits per heavy atom. The van der Waals surface area contributed by atoms with E-state index >= 15 is 0 Å². The first-order chi connectivity index (χ1) is 7.79. The molecule has 0 spiro atoms. The zero-order valence-corrected chi connectivity index (χ0v) is 10.4. The summed E-state index contributed by atoms with van der Waals surface area (Å²) in [5.41, 5.74) is 2.42. The number of hydrogen-bond acceptors (Lipinski definition) is 4. The molecular formula is C12H21N3O. The van der Waals surface area contributed by atoms with Crippen LogP contribution in [0.25, 0.3) is 0 Å². The first-order valence-corrected chi connectivity index (χ1v) is 5.66. The lowest BCUT2D eigenvalue weighted by molar-refractivity contribution is 0.154. The van der Waals surface area contributed by atoms with Crippen molar-refractivity contribution in [3.63, 3.8) is 0 Å². The number of hydrogen-bond donors (Lipinski definition) is 1. The Bertz CT molecular complexity index is 304. The minimum Gasteiger partial charge on any atom is -0.380 e. The molecule has 0 radical (unpaired) electrons. The molecule has 16 heavy (non-hydrogen) atoms. The van der Waals surface area contributed by atoms with E-state index in [2.05, 4.69) is 22.2 Å². The number of nitrogens with one attached hydrogen (secondary N) is 1. The van der Waals surface area contributed by atoms with E-state index in [0.29, 0.717) is 0 Å². The molecule has 1 aromatic heterocycles.